The third kappa shape index (κ3) is 4.43. The van der Waals surface area contributed by atoms with E-state index < -0.39 is 11.7 Å². The minimum Gasteiger partial charge on any atom is -0.394 e. The SMILES string of the molecule is Cc1cc(CNC[C@H]2CC[C@@H](CO)O2)ccc1C(F)(F)F. The van der Waals surface area contributed by atoms with E-state index >= 15 is 0 Å². The second-order valence-corrected chi connectivity index (χ2v) is 5.42. The van der Waals surface area contributed by atoms with Gasteiger partial charge in [-0.2, -0.15) is 13.2 Å². The third-order valence-electron chi connectivity index (χ3n) is 3.70. The summed E-state index contributed by atoms with van der Waals surface area (Å²) in [5.41, 5.74) is 0.465. The van der Waals surface area contributed by atoms with Crippen molar-refractivity contribution in [2.45, 2.75) is 44.7 Å². The van der Waals surface area contributed by atoms with Crippen molar-refractivity contribution < 1.29 is 23.0 Å². The third-order valence-corrected chi connectivity index (χ3v) is 3.70. The summed E-state index contributed by atoms with van der Waals surface area (Å²) in [6.45, 7) is 2.64. The topological polar surface area (TPSA) is 41.5 Å². The number of aliphatic hydroxyl groups excluding tert-OH is 1. The zero-order valence-corrected chi connectivity index (χ0v) is 11.9. The minimum absolute atomic E-state index is 0.0363. The van der Waals surface area contributed by atoms with Crippen molar-refractivity contribution in [1.82, 2.24) is 5.32 Å². The predicted octanol–water partition coefficient (Wildman–Crippen LogP) is 2.64. The molecule has 1 aliphatic rings. The zero-order valence-electron chi connectivity index (χ0n) is 11.9. The summed E-state index contributed by atoms with van der Waals surface area (Å²) in [4.78, 5) is 0. The van der Waals surface area contributed by atoms with Crippen molar-refractivity contribution in [2.24, 2.45) is 0 Å². The summed E-state index contributed by atoms with van der Waals surface area (Å²) in [5, 5.41) is 12.2. The number of aliphatic hydroxyl groups is 1. The van der Waals surface area contributed by atoms with Gasteiger partial charge in [-0.15, -0.1) is 0 Å². The molecule has 2 atom stereocenters. The van der Waals surface area contributed by atoms with Gasteiger partial charge in [0.05, 0.1) is 24.4 Å². The molecule has 2 N–H and O–H groups in total. The van der Waals surface area contributed by atoms with Crippen LogP contribution in [-0.2, 0) is 17.5 Å². The Morgan fingerprint density at radius 1 is 1.29 bits per heavy atom. The number of aryl methyl sites for hydroxylation is 1. The molecule has 0 saturated carbocycles. The van der Waals surface area contributed by atoms with Crippen LogP contribution in [0.3, 0.4) is 0 Å². The van der Waals surface area contributed by atoms with Crippen LogP contribution in [0, 0.1) is 6.92 Å². The fraction of sp³-hybridized carbons (Fsp3) is 0.600. The molecule has 0 bridgehead atoms. The highest BCUT2D eigenvalue weighted by Gasteiger charge is 2.32. The van der Waals surface area contributed by atoms with Crippen LogP contribution < -0.4 is 5.32 Å². The van der Waals surface area contributed by atoms with E-state index in [1.165, 1.54) is 13.0 Å². The first-order chi connectivity index (χ1) is 9.90. The molecule has 1 saturated heterocycles. The molecule has 0 radical (unpaired) electrons. The van der Waals surface area contributed by atoms with E-state index in [1.54, 1.807) is 6.07 Å². The highest BCUT2D eigenvalue weighted by molar-refractivity contribution is 5.33. The van der Waals surface area contributed by atoms with E-state index in [1.807, 2.05) is 0 Å². The van der Waals surface area contributed by atoms with Gasteiger partial charge < -0.3 is 15.2 Å². The number of benzene rings is 1. The molecular weight excluding hydrogens is 283 g/mol. The predicted molar refractivity (Wildman–Crippen MR) is 72.9 cm³/mol. The van der Waals surface area contributed by atoms with Crippen LogP contribution in [0.25, 0.3) is 0 Å². The Morgan fingerprint density at radius 2 is 2.00 bits per heavy atom. The molecule has 1 fully saturated rings. The molecule has 0 amide bonds. The Labute approximate surface area is 122 Å². The average molecular weight is 303 g/mol. The van der Waals surface area contributed by atoms with Gasteiger partial charge in [-0.3, -0.25) is 0 Å². The summed E-state index contributed by atoms with van der Waals surface area (Å²) in [6, 6.07) is 4.18. The van der Waals surface area contributed by atoms with E-state index in [-0.39, 0.29) is 24.4 Å². The van der Waals surface area contributed by atoms with Crippen LogP contribution in [0.4, 0.5) is 13.2 Å². The number of ether oxygens (including phenoxy) is 1. The quantitative estimate of drug-likeness (QED) is 0.878. The summed E-state index contributed by atoms with van der Waals surface area (Å²) >= 11 is 0. The number of rotatable bonds is 5. The summed E-state index contributed by atoms with van der Waals surface area (Å²) in [6.07, 6.45) is -2.57. The molecular formula is C15H20F3NO2. The van der Waals surface area contributed by atoms with Crippen LogP contribution in [0.5, 0.6) is 0 Å². The van der Waals surface area contributed by atoms with Crippen molar-refractivity contribution >= 4 is 0 Å². The van der Waals surface area contributed by atoms with E-state index in [9.17, 15) is 13.2 Å². The lowest BCUT2D eigenvalue weighted by Crippen LogP contribution is -2.27. The monoisotopic (exact) mass is 303 g/mol. The first kappa shape index (κ1) is 16.3. The van der Waals surface area contributed by atoms with Crippen molar-refractivity contribution in [3.8, 4) is 0 Å². The van der Waals surface area contributed by atoms with Crippen LogP contribution in [0.2, 0.25) is 0 Å². The minimum atomic E-state index is -4.30. The molecule has 1 aromatic carbocycles. The summed E-state index contributed by atoms with van der Waals surface area (Å²) in [5.74, 6) is 0. The Balaban J connectivity index is 1.83. The Bertz CT molecular complexity index is 476. The van der Waals surface area contributed by atoms with E-state index in [4.69, 9.17) is 9.84 Å². The highest BCUT2D eigenvalue weighted by atomic mass is 19.4. The smallest absolute Gasteiger partial charge is 0.394 e. The largest absolute Gasteiger partial charge is 0.416 e. The lowest BCUT2D eigenvalue weighted by molar-refractivity contribution is -0.138. The molecule has 1 aromatic rings. The normalized spacial score (nSPS) is 22.7. The molecule has 1 heterocycles. The van der Waals surface area contributed by atoms with Gasteiger partial charge >= 0.3 is 6.18 Å². The van der Waals surface area contributed by atoms with Crippen molar-refractivity contribution in [2.75, 3.05) is 13.2 Å². The van der Waals surface area contributed by atoms with Crippen LogP contribution >= 0.6 is 0 Å². The van der Waals surface area contributed by atoms with Gasteiger partial charge in [-0.25, -0.2) is 0 Å². The summed E-state index contributed by atoms with van der Waals surface area (Å²) in [7, 11) is 0. The van der Waals surface area contributed by atoms with Gasteiger partial charge in [0.2, 0.25) is 0 Å². The van der Waals surface area contributed by atoms with Gasteiger partial charge in [0.15, 0.2) is 0 Å². The van der Waals surface area contributed by atoms with Gasteiger partial charge in [0, 0.05) is 13.1 Å². The van der Waals surface area contributed by atoms with Crippen molar-refractivity contribution in [1.29, 1.82) is 0 Å². The van der Waals surface area contributed by atoms with Crippen LogP contribution in [0.15, 0.2) is 18.2 Å². The van der Waals surface area contributed by atoms with E-state index in [0.717, 1.165) is 24.5 Å². The number of halogens is 3. The molecule has 0 aliphatic carbocycles. The van der Waals surface area contributed by atoms with E-state index in [0.29, 0.717) is 13.1 Å². The van der Waals surface area contributed by atoms with Gasteiger partial charge in [-0.05, 0) is 37.0 Å². The molecule has 2 rings (SSSR count). The first-order valence-electron chi connectivity index (χ1n) is 7.04. The fourth-order valence-electron chi connectivity index (χ4n) is 2.60. The maximum Gasteiger partial charge on any atom is 0.416 e. The molecule has 21 heavy (non-hydrogen) atoms. The van der Waals surface area contributed by atoms with Gasteiger partial charge in [0.1, 0.15) is 0 Å². The standard InChI is InChI=1S/C15H20F3NO2/c1-10-6-11(2-5-14(10)15(16,17)18)7-19-8-12-3-4-13(9-20)21-12/h2,5-6,12-13,19-20H,3-4,7-9H2,1H3/t12-,13+/m1/s1. The maximum absolute atomic E-state index is 12.7. The first-order valence-corrected chi connectivity index (χ1v) is 7.04. The molecule has 0 spiro atoms. The molecule has 118 valence electrons. The second-order valence-electron chi connectivity index (χ2n) is 5.42. The maximum atomic E-state index is 12.7. The lowest BCUT2D eigenvalue weighted by Gasteiger charge is -2.14. The fourth-order valence-corrected chi connectivity index (χ4v) is 2.60. The average Bonchev–Trinajstić information content (AvgIpc) is 2.85. The Kier molecular flexibility index (Phi) is 5.24. The van der Waals surface area contributed by atoms with Crippen LogP contribution in [0.1, 0.15) is 29.5 Å². The van der Waals surface area contributed by atoms with Gasteiger partial charge in [-0.1, -0.05) is 12.1 Å². The molecule has 3 nitrogen and oxygen atoms in total. The van der Waals surface area contributed by atoms with Crippen molar-refractivity contribution in [3.05, 3.63) is 34.9 Å². The van der Waals surface area contributed by atoms with Crippen LogP contribution in [-0.4, -0.2) is 30.5 Å². The second kappa shape index (κ2) is 6.77. The van der Waals surface area contributed by atoms with Crippen molar-refractivity contribution in [3.63, 3.8) is 0 Å². The Hall–Kier alpha value is -1.11. The highest BCUT2D eigenvalue weighted by Crippen LogP contribution is 2.32. The van der Waals surface area contributed by atoms with E-state index in [2.05, 4.69) is 5.32 Å². The van der Waals surface area contributed by atoms with Gasteiger partial charge in [0.25, 0.3) is 0 Å². The summed E-state index contributed by atoms with van der Waals surface area (Å²) < 4.78 is 43.5. The Morgan fingerprint density at radius 3 is 2.57 bits per heavy atom. The number of hydrogen-bond acceptors (Lipinski definition) is 3. The molecule has 1 aliphatic heterocycles. The lowest BCUT2D eigenvalue weighted by atomic mass is 10.0. The molecule has 0 aromatic heterocycles. The molecule has 6 heteroatoms. The number of nitrogens with one attached hydrogen (secondary N) is 1. The molecule has 0 unspecified atom stereocenters. The zero-order chi connectivity index (χ0) is 15.5. The number of hydrogen-bond donors (Lipinski definition) is 2. The number of alkyl halides is 3.